The summed E-state index contributed by atoms with van der Waals surface area (Å²) in [5.74, 6) is 1.87. The Morgan fingerprint density at radius 3 is 2.67 bits per heavy atom. The first-order valence-electron chi connectivity index (χ1n) is 8.50. The average molecular weight is 288 g/mol. The molecule has 21 heavy (non-hydrogen) atoms. The van der Waals surface area contributed by atoms with E-state index in [1.807, 2.05) is 0 Å². The first-order valence-corrected chi connectivity index (χ1v) is 8.50. The molecule has 0 amide bonds. The van der Waals surface area contributed by atoms with Gasteiger partial charge in [0.1, 0.15) is 0 Å². The summed E-state index contributed by atoms with van der Waals surface area (Å²) < 4.78 is 0. The fraction of sp³-hybridized carbons (Fsp3) is 0.684. The summed E-state index contributed by atoms with van der Waals surface area (Å²) in [5, 5.41) is 3.75. The van der Waals surface area contributed by atoms with Crippen LogP contribution >= 0.6 is 0 Å². The van der Waals surface area contributed by atoms with Crippen LogP contribution in [0.1, 0.15) is 49.4 Å². The van der Waals surface area contributed by atoms with E-state index in [4.69, 9.17) is 0 Å². The highest BCUT2D eigenvalue weighted by molar-refractivity contribution is 5.33. The maximum absolute atomic E-state index is 3.75. The standard InChI is InChI=1S/C19H32N2/c1-6-9-20-19(13-21(5)12-17-11-16(17)4)18-10-14(2)7-8-15(18)3/h7-8,10,16-17,19-20H,6,9,11-13H2,1-5H3. The molecule has 1 aromatic rings. The van der Waals surface area contributed by atoms with E-state index in [0.29, 0.717) is 6.04 Å². The van der Waals surface area contributed by atoms with Crippen molar-refractivity contribution < 1.29 is 0 Å². The normalized spacial score (nSPS) is 22.6. The second-order valence-electron chi connectivity index (χ2n) is 7.06. The summed E-state index contributed by atoms with van der Waals surface area (Å²) in [7, 11) is 2.27. The van der Waals surface area contributed by atoms with Crippen molar-refractivity contribution in [2.24, 2.45) is 11.8 Å². The van der Waals surface area contributed by atoms with Gasteiger partial charge in [0.05, 0.1) is 0 Å². The van der Waals surface area contributed by atoms with Gasteiger partial charge in [-0.2, -0.15) is 0 Å². The van der Waals surface area contributed by atoms with Gasteiger partial charge in [-0.25, -0.2) is 0 Å². The molecule has 1 saturated carbocycles. The SMILES string of the molecule is CCCNC(CN(C)CC1CC1C)c1cc(C)ccc1C. The van der Waals surface area contributed by atoms with Crippen molar-refractivity contribution in [2.45, 2.75) is 46.6 Å². The Hall–Kier alpha value is -0.860. The first kappa shape index (κ1) is 16.5. The van der Waals surface area contributed by atoms with Crippen LogP contribution in [0.5, 0.6) is 0 Å². The van der Waals surface area contributed by atoms with E-state index in [1.54, 1.807) is 0 Å². The van der Waals surface area contributed by atoms with Crippen LogP contribution in [-0.2, 0) is 0 Å². The fourth-order valence-corrected chi connectivity index (χ4v) is 3.17. The number of nitrogens with one attached hydrogen (secondary N) is 1. The molecule has 2 rings (SSSR count). The summed E-state index contributed by atoms with van der Waals surface area (Å²) in [5.41, 5.74) is 4.24. The average Bonchev–Trinajstić information content (AvgIpc) is 3.12. The van der Waals surface area contributed by atoms with Crippen molar-refractivity contribution in [3.05, 3.63) is 34.9 Å². The zero-order valence-electron chi connectivity index (χ0n) is 14.4. The maximum Gasteiger partial charge on any atom is 0.0451 e. The molecule has 118 valence electrons. The molecule has 0 saturated heterocycles. The topological polar surface area (TPSA) is 15.3 Å². The molecule has 3 atom stereocenters. The lowest BCUT2D eigenvalue weighted by Gasteiger charge is -2.27. The quantitative estimate of drug-likeness (QED) is 0.779. The van der Waals surface area contributed by atoms with Gasteiger partial charge in [-0.3, -0.25) is 0 Å². The Morgan fingerprint density at radius 2 is 2.05 bits per heavy atom. The van der Waals surface area contributed by atoms with Crippen LogP contribution in [0.15, 0.2) is 18.2 Å². The number of hydrogen-bond acceptors (Lipinski definition) is 2. The predicted octanol–water partition coefficient (Wildman–Crippen LogP) is 3.93. The van der Waals surface area contributed by atoms with Crippen molar-refractivity contribution in [1.82, 2.24) is 10.2 Å². The molecule has 3 unspecified atom stereocenters. The lowest BCUT2D eigenvalue weighted by Crippen LogP contribution is -2.35. The minimum absolute atomic E-state index is 0.448. The number of nitrogens with zero attached hydrogens (tertiary/aromatic N) is 1. The Morgan fingerprint density at radius 1 is 1.33 bits per heavy atom. The van der Waals surface area contributed by atoms with Gasteiger partial charge in [0, 0.05) is 19.1 Å². The van der Waals surface area contributed by atoms with Crippen LogP contribution in [0.4, 0.5) is 0 Å². The molecular formula is C19H32N2. The molecule has 1 fully saturated rings. The van der Waals surface area contributed by atoms with Crippen LogP contribution in [0.3, 0.4) is 0 Å². The summed E-state index contributed by atoms with van der Waals surface area (Å²) in [6, 6.07) is 7.28. The van der Waals surface area contributed by atoms with Gasteiger partial charge >= 0.3 is 0 Å². The molecule has 1 aliphatic carbocycles. The van der Waals surface area contributed by atoms with Gasteiger partial charge in [-0.05, 0) is 63.2 Å². The van der Waals surface area contributed by atoms with E-state index in [1.165, 1.54) is 36.1 Å². The number of likely N-dealkylation sites (N-methyl/N-ethyl adjacent to an activating group) is 1. The summed E-state index contributed by atoms with van der Waals surface area (Å²) in [6.45, 7) is 12.5. The van der Waals surface area contributed by atoms with Crippen LogP contribution in [0, 0.1) is 25.7 Å². The van der Waals surface area contributed by atoms with Gasteiger partial charge in [0.15, 0.2) is 0 Å². The van der Waals surface area contributed by atoms with Crippen molar-refractivity contribution in [3.8, 4) is 0 Å². The molecule has 0 bridgehead atoms. The van der Waals surface area contributed by atoms with Crippen molar-refractivity contribution in [1.29, 1.82) is 0 Å². The van der Waals surface area contributed by atoms with Gasteiger partial charge in [-0.1, -0.05) is 37.6 Å². The third-order valence-corrected chi connectivity index (χ3v) is 4.77. The van der Waals surface area contributed by atoms with E-state index >= 15 is 0 Å². The van der Waals surface area contributed by atoms with Crippen LogP contribution < -0.4 is 5.32 Å². The van der Waals surface area contributed by atoms with Crippen molar-refractivity contribution in [3.63, 3.8) is 0 Å². The molecule has 0 aromatic heterocycles. The zero-order chi connectivity index (χ0) is 15.4. The minimum Gasteiger partial charge on any atom is -0.309 e. The Kier molecular flexibility index (Phi) is 5.83. The van der Waals surface area contributed by atoms with E-state index in [-0.39, 0.29) is 0 Å². The summed E-state index contributed by atoms with van der Waals surface area (Å²) >= 11 is 0. The first-order chi connectivity index (χ1) is 10.0. The van der Waals surface area contributed by atoms with Crippen LogP contribution in [-0.4, -0.2) is 31.6 Å². The molecule has 1 aliphatic rings. The van der Waals surface area contributed by atoms with Gasteiger partial charge in [0.2, 0.25) is 0 Å². The van der Waals surface area contributed by atoms with Crippen LogP contribution in [0.25, 0.3) is 0 Å². The Bertz CT molecular complexity index is 455. The highest BCUT2D eigenvalue weighted by Gasteiger charge is 2.33. The molecule has 0 heterocycles. The molecule has 1 N–H and O–H groups in total. The fourth-order valence-electron chi connectivity index (χ4n) is 3.17. The lowest BCUT2D eigenvalue weighted by atomic mass is 9.98. The second kappa shape index (κ2) is 7.42. The zero-order valence-corrected chi connectivity index (χ0v) is 14.4. The third-order valence-electron chi connectivity index (χ3n) is 4.77. The van der Waals surface area contributed by atoms with E-state index in [0.717, 1.165) is 24.9 Å². The number of benzene rings is 1. The van der Waals surface area contributed by atoms with Gasteiger partial charge in [0.25, 0.3) is 0 Å². The maximum atomic E-state index is 3.75. The van der Waals surface area contributed by atoms with E-state index < -0.39 is 0 Å². The molecule has 2 heteroatoms. The largest absolute Gasteiger partial charge is 0.309 e. The molecule has 2 nitrogen and oxygen atoms in total. The number of rotatable bonds is 8. The minimum atomic E-state index is 0.448. The predicted molar refractivity (Wildman–Crippen MR) is 91.7 cm³/mol. The molecule has 1 aromatic carbocycles. The summed E-state index contributed by atoms with van der Waals surface area (Å²) in [6.07, 6.45) is 2.60. The molecule has 0 spiro atoms. The molecule has 0 radical (unpaired) electrons. The van der Waals surface area contributed by atoms with Gasteiger partial charge in [-0.15, -0.1) is 0 Å². The van der Waals surface area contributed by atoms with Crippen LogP contribution in [0.2, 0.25) is 0 Å². The molecule has 0 aliphatic heterocycles. The summed E-state index contributed by atoms with van der Waals surface area (Å²) in [4.78, 5) is 2.52. The monoisotopic (exact) mass is 288 g/mol. The second-order valence-corrected chi connectivity index (χ2v) is 7.06. The Balaban J connectivity index is 2.04. The number of aryl methyl sites for hydroxylation is 2. The highest BCUT2D eigenvalue weighted by Crippen LogP contribution is 2.38. The van der Waals surface area contributed by atoms with Crippen molar-refractivity contribution in [2.75, 3.05) is 26.7 Å². The van der Waals surface area contributed by atoms with E-state index in [2.05, 4.69) is 63.2 Å². The van der Waals surface area contributed by atoms with E-state index in [9.17, 15) is 0 Å². The highest BCUT2D eigenvalue weighted by atomic mass is 15.1. The smallest absolute Gasteiger partial charge is 0.0451 e. The third kappa shape index (κ3) is 4.82. The van der Waals surface area contributed by atoms with Crippen molar-refractivity contribution >= 4 is 0 Å². The molecular weight excluding hydrogens is 256 g/mol. The Labute approximate surface area is 130 Å². The lowest BCUT2D eigenvalue weighted by molar-refractivity contribution is 0.276. The number of hydrogen-bond donors (Lipinski definition) is 1. The van der Waals surface area contributed by atoms with Gasteiger partial charge < -0.3 is 10.2 Å².